The van der Waals surface area contributed by atoms with Crippen LogP contribution in [0.1, 0.15) is 22.6 Å². The molecule has 3 nitrogen and oxygen atoms in total. The van der Waals surface area contributed by atoms with Gasteiger partial charge in [0.2, 0.25) is 6.34 Å². The Hall–Kier alpha value is -2.52. The third-order valence-corrected chi connectivity index (χ3v) is 4.45. The number of hydrogen-bond acceptors (Lipinski definition) is 1. The minimum Gasteiger partial charge on any atom is -0.325 e. The average molecular weight is 483 g/mol. The fourth-order valence-corrected chi connectivity index (χ4v) is 3.10. The van der Waals surface area contributed by atoms with Gasteiger partial charge in [-0.2, -0.15) is 26.3 Å². The van der Waals surface area contributed by atoms with Crippen LogP contribution in [0.4, 0.5) is 32.0 Å². The molecule has 0 aromatic heterocycles. The number of aliphatic imine (C=N–C) groups is 1. The zero-order valence-electron chi connectivity index (χ0n) is 15.8. The van der Waals surface area contributed by atoms with Crippen molar-refractivity contribution in [2.75, 3.05) is 7.05 Å². The van der Waals surface area contributed by atoms with Gasteiger partial charge in [0.1, 0.15) is 0 Å². The maximum absolute atomic E-state index is 13.6. The first-order valence-corrected chi connectivity index (χ1v) is 9.30. The summed E-state index contributed by atoms with van der Waals surface area (Å²) in [5.74, 6) is -2.12. The molecule has 0 spiro atoms. The topological polar surface area (TPSA) is 41.4 Å². The van der Waals surface area contributed by atoms with Crippen LogP contribution in [0.15, 0.2) is 47.5 Å². The summed E-state index contributed by atoms with van der Waals surface area (Å²) in [5, 5.41) is 0.0119. The predicted molar refractivity (Wildman–Crippen MR) is 110 cm³/mol. The van der Waals surface area contributed by atoms with Crippen LogP contribution in [0.2, 0.25) is 10.0 Å². The Morgan fingerprint density at radius 2 is 1.61 bits per heavy atom. The van der Waals surface area contributed by atoms with Crippen LogP contribution in [0.25, 0.3) is 6.08 Å². The molecule has 0 bridgehead atoms. The van der Waals surface area contributed by atoms with Crippen molar-refractivity contribution in [3.63, 3.8) is 0 Å². The van der Waals surface area contributed by atoms with Gasteiger partial charge in [-0.25, -0.2) is 4.58 Å². The van der Waals surface area contributed by atoms with Gasteiger partial charge in [0.05, 0.1) is 18.5 Å². The Morgan fingerprint density at radius 1 is 1.00 bits per heavy atom. The van der Waals surface area contributed by atoms with Crippen LogP contribution in [-0.4, -0.2) is 30.5 Å². The summed E-state index contributed by atoms with van der Waals surface area (Å²) in [5.41, 5.74) is 3.38. The summed E-state index contributed by atoms with van der Waals surface area (Å²) in [6.07, 6.45) is -5.63. The van der Waals surface area contributed by atoms with Crippen molar-refractivity contribution in [1.29, 1.82) is 0 Å². The molecule has 11 heteroatoms. The van der Waals surface area contributed by atoms with Gasteiger partial charge in [0.25, 0.3) is 0 Å². The molecule has 0 fully saturated rings. The Labute approximate surface area is 184 Å². The quantitative estimate of drug-likeness (QED) is 0.220. The van der Waals surface area contributed by atoms with E-state index < -0.39 is 29.5 Å². The number of rotatable bonds is 5. The van der Waals surface area contributed by atoms with E-state index in [1.807, 2.05) is 0 Å². The van der Waals surface area contributed by atoms with Crippen LogP contribution in [0, 0.1) is 0 Å². The molecule has 0 saturated carbocycles. The molecule has 31 heavy (non-hydrogen) atoms. The van der Waals surface area contributed by atoms with E-state index in [1.165, 1.54) is 23.8 Å². The smallest absolute Gasteiger partial charge is 0.325 e. The molecule has 0 saturated heterocycles. The Bertz CT molecular complexity index is 1010. The molecule has 0 aliphatic carbocycles. The Kier molecular flexibility index (Phi) is 7.77. The fraction of sp³-hybridized carbons (Fsp3) is 0.200. The van der Waals surface area contributed by atoms with Crippen molar-refractivity contribution >= 4 is 47.6 Å². The summed E-state index contributed by atoms with van der Waals surface area (Å²) in [7, 11) is 1.47. The van der Waals surface area contributed by atoms with Crippen molar-refractivity contribution in [3.8, 4) is 0 Å². The van der Waals surface area contributed by atoms with E-state index >= 15 is 0 Å². The molecule has 0 aliphatic rings. The first-order valence-electron chi connectivity index (χ1n) is 8.54. The third-order valence-electron chi connectivity index (χ3n) is 4.02. The lowest BCUT2D eigenvalue weighted by molar-refractivity contribution is -0.355. The SMILES string of the molecule is C[N+](C=Nc1ccc(C=CC(c2cc(Cl)cc(Cl)c2)C(F)(F)F)cc1C(F)(F)F)=CN. The largest absolute Gasteiger partial charge is 0.419 e. The zero-order valence-corrected chi connectivity index (χ0v) is 17.4. The summed E-state index contributed by atoms with van der Waals surface area (Å²) >= 11 is 11.6. The lowest BCUT2D eigenvalue weighted by Crippen LogP contribution is -2.18. The Balaban J connectivity index is 2.48. The van der Waals surface area contributed by atoms with E-state index in [0.717, 1.165) is 43.0 Å². The van der Waals surface area contributed by atoms with Gasteiger partial charge in [0.15, 0.2) is 12.0 Å². The lowest BCUT2D eigenvalue weighted by Gasteiger charge is -2.18. The summed E-state index contributed by atoms with van der Waals surface area (Å²) in [4.78, 5) is 3.72. The van der Waals surface area contributed by atoms with Crippen molar-refractivity contribution in [1.82, 2.24) is 0 Å². The predicted octanol–water partition coefficient (Wildman–Crippen LogP) is 6.66. The maximum atomic E-state index is 13.6. The highest BCUT2D eigenvalue weighted by Crippen LogP contribution is 2.40. The van der Waals surface area contributed by atoms with Crippen molar-refractivity contribution in [2.45, 2.75) is 18.3 Å². The molecule has 1 atom stereocenters. The molecule has 2 aromatic rings. The highest BCUT2D eigenvalue weighted by molar-refractivity contribution is 6.34. The van der Waals surface area contributed by atoms with Crippen LogP contribution >= 0.6 is 23.2 Å². The number of halogens is 8. The second-order valence-electron chi connectivity index (χ2n) is 6.41. The number of benzene rings is 2. The van der Waals surface area contributed by atoms with Crippen LogP contribution in [-0.2, 0) is 6.18 Å². The minimum atomic E-state index is -4.77. The number of allylic oxidation sites excluding steroid dienone is 1. The van der Waals surface area contributed by atoms with Crippen LogP contribution < -0.4 is 5.73 Å². The van der Waals surface area contributed by atoms with E-state index in [2.05, 4.69) is 4.99 Å². The van der Waals surface area contributed by atoms with Crippen LogP contribution in [0.3, 0.4) is 0 Å². The number of hydrogen-bond donors (Lipinski definition) is 1. The van der Waals surface area contributed by atoms with Gasteiger partial charge in [-0.1, -0.05) is 41.4 Å². The van der Waals surface area contributed by atoms with E-state index in [4.69, 9.17) is 28.9 Å². The molecular formula is C20H16Cl2F6N3+. The van der Waals surface area contributed by atoms with E-state index in [1.54, 1.807) is 0 Å². The second kappa shape index (κ2) is 9.74. The summed E-state index contributed by atoms with van der Waals surface area (Å²) in [6.45, 7) is 0. The van der Waals surface area contributed by atoms with Crippen molar-refractivity contribution in [3.05, 3.63) is 69.2 Å². The van der Waals surface area contributed by atoms with Crippen LogP contribution in [0.5, 0.6) is 0 Å². The average Bonchev–Trinajstić information content (AvgIpc) is 2.64. The van der Waals surface area contributed by atoms with E-state index in [9.17, 15) is 26.3 Å². The minimum absolute atomic E-state index is 0.00594. The van der Waals surface area contributed by atoms with Gasteiger partial charge in [-0.05, 0) is 41.5 Å². The molecule has 0 amide bonds. The maximum Gasteiger partial charge on any atom is 0.419 e. The molecular weight excluding hydrogens is 467 g/mol. The molecule has 2 N–H and O–H groups in total. The van der Waals surface area contributed by atoms with E-state index in [-0.39, 0.29) is 21.2 Å². The number of alkyl halides is 6. The molecule has 166 valence electrons. The fourth-order valence-electron chi connectivity index (χ4n) is 2.56. The normalized spacial score (nSPS) is 14.5. The third kappa shape index (κ3) is 7.00. The Morgan fingerprint density at radius 3 is 2.13 bits per heavy atom. The molecule has 0 aliphatic heterocycles. The van der Waals surface area contributed by atoms with Gasteiger partial charge < -0.3 is 5.73 Å². The summed E-state index contributed by atoms with van der Waals surface area (Å²) < 4.78 is 82.2. The molecule has 0 radical (unpaired) electrons. The highest BCUT2D eigenvalue weighted by atomic mass is 35.5. The monoisotopic (exact) mass is 482 g/mol. The summed E-state index contributed by atoms with van der Waals surface area (Å²) in [6, 6.07) is 6.47. The lowest BCUT2D eigenvalue weighted by atomic mass is 9.96. The number of nitrogens with zero attached hydrogens (tertiary/aromatic N) is 2. The molecule has 1 unspecified atom stereocenters. The second-order valence-corrected chi connectivity index (χ2v) is 7.29. The number of nitrogens with two attached hydrogens (primary N) is 1. The highest BCUT2D eigenvalue weighted by Gasteiger charge is 2.39. The molecule has 2 rings (SSSR count). The van der Waals surface area contributed by atoms with Gasteiger partial charge in [-0.3, -0.25) is 0 Å². The first-order chi connectivity index (χ1) is 14.3. The standard InChI is InChI=1S/C20H15Cl2F6N3/c1-31(10-29)11-30-18-5-3-12(6-17(18)20(26,27)28)2-4-16(19(23,24)25)13-7-14(21)9-15(22)8-13/h2-11,16,29H,1H3/p+1. The van der Waals surface area contributed by atoms with Crippen molar-refractivity contribution in [2.24, 2.45) is 10.7 Å². The van der Waals surface area contributed by atoms with E-state index in [0.29, 0.717) is 6.07 Å². The van der Waals surface area contributed by atoms with Gasteiger partial charge in [-0.15, -0.1) is 4.99 Å². The van der Waals surface area contributed by atoms with Crippen molar-refractivity contribution < 1.29 is 30.9 Å². The molecule has 2 aromatic carbocycles. The zero-order chi connectivity index (χ0) is 23.4. The first kappa shape index (κ1) is 24.7. The van der Waals surface area contributed by atoms with Gasteiger partial charge in [0, 0.05) is 10.0 Å². The van der Waals surface area contributed by atoms with Gasteiger partial charge >= 0.3 is 12.4 Å². The molecule has 0 heterocycles.